The van der Waals surface area contributed by atoms with Crippen LogP contribution in [-0.4, -0.2) is 21.6 Å². The molecule has 0 aliphatic carbocycles. The van der Waals surface area contributed by atoms with Crippen molar-refractivity contribution in [2.45, 2.75) is 12.0 Å². The first-order valence-electron chi connectivity index (χ1n) is 8.15. The summed E-state index contributed by atoms with van der Waals surface area (Å²) < 4.78 is 0. The minimum atomic E-state index is -0.0461. The van der Waals surface area contributed by atoms with Gasteiger partial charge in [-0.15, -0.1) is 0 Å². The summed E-state index contributed by atoms with van der Waals surface area (Å²) in [4.78, 5) is 8.98. The van der Waals surface area contributed by atoms with E-state index < -0.39 is 0 Å². The van der Waals surface area contributed by atoms with Crippen LogP contribution in [0.3, 0.4) is 0 Å². The van der Waals surface area contributed by atoms with Crippen LogP contribution < -0.4 is 10.6 Å². The summed E-state index contributed by atoms with van der Waals surface area (Å²) in [6, 6.07) is 13.2. The molecule has 6 heteroatoms. The molecule has 25 heavy (non-hydrogen) atoms. The molecule has 0 spiro atoms. The summed E-state index contributed by atoms with van der Waals surface area (Å²) in [5.74, 6) is 1.19. The molecule has 0 radical (unpaired) electrons. The van der Waals surface area contributed by atoms with E-state index in [4.69, 9.17) is 11.6 Å². The first-order chi connectivity index (χ1) is 12.2. The number of phenolic OH excluding ortho intramolecular Hbond substituents is 1. The number of anilines is 2. The number of phenols is 1. The minimum Gasteiger partial charge on any atom is -0.508 e. The lowest BCUT2D eigenvalue weighted by Gasteiger charge is -2.25. The highest BCUT2D eigenvalue weighted by atomic mass is 35.5. The molecule has 0 bridgehead atoms. The van der Waals surface area contributed by atoms with Crippen LogP contribution in [-0.2, 0) is 0 Å². The summed E-state index contributed by atoms with van der Waals surface area (Å²) >= 11 is 6.46. The van der Waals surface area contributed by atoms with Gasteiger partial charge in [-0.05, 0) is 23.8 Å². The maximum atomic E-state index is 9.70. The normalized spacial score (nSPS) is 20.0. The number of rotatable bonds is 1. The lowest BCUT2D eigenvalue weighted by Crippen LogP contribution is -2.20. The van der Waals surface area contributed by atoms with Gasteiger partial charge in [-0.3, -0.25) is 0 Å². The van der Waals surface area contributed by atoms with Crippen molar-refractivity contribution in [1.82, 2.24) is 9.97 Å². The molecule has 2 aliphatic heterocycles. The van der Waals surface area contributed by atoms with Gasteiger partial charge in [0.1, 0.15) is 17.9 Å². The van der Waals surface area contributed by atoms with Crippen molar-refractivity contribution < 1.29 is 5.11 Å². The standard InChI is InChI=1S/C19H15ClN4O/c20-14-7-10(25)5-6-11(14)17-13-8-21-19-16(13)18(22-9-23-19)12-3-1-2-4-15(12)24-17/h1-7,9,13,17,24-25H,8H2,(H,21,22,23). The fourth-order valence-corrected chi connectivity index (χ4v) is 4.13. The van der Waals surface area contributed by atoms with Gasteiger partial charge in [0.25, 0.3) is 0 Å². The topological polar surface area (TPSA) is 70.1 Å². The zero-order valence-electron chi connectivity index (χ0n) is 13.2. The number of hydrogen-bond acceptors (Lipinski definition) is 5. The van der Waals surface area contributed by atoms with Crippen LogP contribution in [0.1, 0.15) is 23.1 Å². The van der Waals surface area contributed by atoms with E-state index >= 15 is 0 Å². The molecule has 5 rings (SSSR count). The number of nitrogens with zero attached hydrogens (tertiary/aromatic N) is 2. The number of fused-ring (bicyclic) bond motifs is 2. The van der Waals surface area contributed by atoms with Crippen LogP contribution in [0, 0.1) is 0 Å². The zero-order valence-corrected chi connectivity index (χ0v) is 14.0. The molecule has 5 nitrogen and oxygen atoms in total. The fourth-order valence-electron chi connectivity index (χ4n) is 3.84. The van der Waals surface area contributed by atoms with Gasteiger partial charge in [0.05, 0.1) is 11.7 Å². The highest BCUT2D eigenvalue weighted by Crippen LogP contribution is 2.49. The minimum absolute atomic E-state index is 0.0461. The van der Waals surface area contributed by atoms with E-state index in [1.807, 2.05) is 18.2 Å². The number of nitrogens with one attached hydrogen (secondary N) is 2. The van der Waals surface area contributed by atoms with Gasteiger partial charge in [-0.2, -0.15) is 0 Å². The second kappa shape index (κ2) is 5.36. The van der Waals surface area contributed by atoms with Crippen LogP contribution in [0.4, 0.5) is 11.5 Å². The second-order valence-electron chi connectivity index (χ2n) is 6.35. The molecule has 3 aromatic rings. The Morgan fingerprint density at radius 1 is 1.12 bits per heavy atom. The molecular weight excluding hydrogens is 336 g/mol. The number of aromatic nitrogens is 2. The van der Waals surface area contributed by atoms with Crippen molar-refractivity contribution in [1.29, 1.82) is 0 Å². The van der Waals surface area contributed by atoms with Crippen LogP contribution >= 0.6 is 11.6 Å². The van der Waals surface area contributed by atoms with E-state index in [9.17, 15) is 5.11 Å². The first kappa shape index (κ1) is 14.5. The number of halogens is 1. The quantitative estimate of drug-likeness (QED) is 0.614. The van der Waals surface area contributed by atoms with Gasteiger partial charge in [-0.1, -0.05) is 35.9 Å². The second-order valence-corrected chi connectivity index (χ2v) is 6.75. The summed E-state index contributed by atoms with van der Waals surface area (Å²) in [5.41, 5.74) is 5.11. The van der Waals surface area contributed by atoms with Crippen molar-refractivity contribution in [3.8, 4) is 17.0 Å². The number of hydrogen-bond donors (Lipinski definition) is 3. The maximum absolute atomic E-state index is 9.70. The first-order valence-corrected chi connectivity index (χ1v) is 8.53. The predicted molar refractivity (Wildman–Crippen MR) is 98.2 cm³/mol. The fraction of sp³-hybridized carbons (Fsp3) is 0.158. The third kappa shape index (κ3) is 2.16. The van der Waals surface area contributed by atoms with E-state index in [-0.39, 0.29) is 17.7 Å². The third-order valence-corrected chi connectivity index (χ3v) is 5.29. The lowest BCUT2D eigenvalue weighted by atomic mass is 9.88. The molecule has 0 fully saturated rings. The van der Waals surface area contributed by atoms with Gasteiger partial charge >= 0.3 is 0 Å². The van der Waals surface area contributed by atoms with Crippen molar-refractivity contribution in [2.24, 2.45) is 0 Å². The van der Waals surface area contributed by atoms with Crippen LogP contribution in [0.15, 0.2) is 48.8 Å². The molecule has 0 amide bonds. The van der Waals surface area contributed by atoms with Crippen molar-refractivity contribution in [2.75, 3.05) is 17.2 Å². The third-order valence-electron chi connectivity index (χ3n) is 4.96. The van der Waals surface area contributed by atoms with E-state index in [1.54, 1.807) is 18.5 Å². The summed E-state index contributed by atoms with van der Waals surface area (Å²) in [6.45, 7) is 0.754. The summed E-state index contributed by atoms with van der Waals surface area (Å²) in [6.07, 6.45) is 1.61. The Bertz CT molecular complexity index is 991. The highest BCUT2D eigenvalue weighted by Gasteiger charge is 2.38. The van der Waals surface area contributed by atoms with Gasteiger partial charge in [0.15, 0.2) is 0 Å². The van der Waals surface area contributed by atoms with E-state index in [0.29, 0.717) is 5.02 Å². The molecule has 124 valence electrons. The molecule has 2 aliphatic rings. The van der Waals surface area contributed by atoms with Gasteiger partial charge in [0.2, 0.25) is 0 Å². The van der Waals surface area contributed by atoms with E-state index in [1.165, 1.54) is 0 Å². The Hall–Kier alpha value is -2.79. The zero-order chi connectivity index (χ0) is 17.0. The molecule has 3 N–H and O–H groups in total. The van der Waals surface area contributed by atoms with Crippen molar-refractivity contribution >= 4 is 23.1 Å². The predicted octanol–water partition coefficient (Wildman–Crippen LogP) is 4.18. The molecule has 0 saturated carbocycles. The van der Waals surface area contributed by atoms with E-state index in [0.717, 1.165) is 40.4 Å². The molecule has 0 saturated heterocycles. The van der Waals surface area contributed by atoms with Gasteiger partial charge in [-0.25, -0.2) is 9.97 Å². The van der Waals surface area contributed by atoms with Gasteiger partial charge < -0.3 is 15.7 Å². The lowest BCUT2D eigenvalue weighted by molar-refractivity contribution is 0.474. The number of benzene rings is 2. The molecule has 1 aromatic heterocycles. The van der Waals surface area contributed by atoms with Crippen LogP contribution in [0.5, 0.6) is 5.75 Å². The Kier molecular flexibility index (Phi) is 3.12. The Morgan fingerprint density at radius 2 is 2.00 bits per heavy atom. The van der Waals surface area contributed by atoms with E-state index in [2.05, 4.69) is 32.7 Å². The molecule has 2 unspecified atom stereocenters. The van der Waals surface area contributed by atoms with Crippen LogP contribution in [0.25, 0.3) is 11.3 Å². The average molecular weight is 351 g/mol. The molecular formula is C19H15ClN4O. The smallest absolute Gasteiger partial charge is 0.133 e. The Labute approximate surface area is 149 Å². The monoisotopic (exact) mass is 350 g/mol. The number of para-hydroxylation sites is 1. The largest absolute Gasteiger partial charge is 0.508 e. The maximum Gasteiger partial charge on any atom is 0.133 e. The molecule has 3 heterocycles. The summed E-state index contributed by atoms with van der Waals surface area (Å²) in [5, 5.41) is 17.3. The SMILES string of the molecule is Oc1ccc(C2Nc3ccccc3-c3ncnc4c3C2CN4)c(Cl)c1. The molecule has 2 atom stereocenters. The number of aromatic hydroxyl groups is 1. The Balaban J connectivity index is 1.76. The van der Waals surface area contributed by atoms with Crippen molar-refractivity contribution in [3.05, 3.63) is 64.9 Å². The van der Waals surface area contributed by atoms with Crippen molar-refractivity contribution in [3.63, 3.8) is 0 Å². The molecule has 2 aromatic carbocycles. The highest BCUT2D eigenvalue weighted by molar-refractivity contribution is 6.31. The van der Waals surface area contributed by atoms with Crippen LogP contribution in [0.2, 0.25) is 5.02 Å². The average Bonchev–Trinajstić information content (AvgIpc) is 2.98. The Morgan fingerprint density at radius 3 is 2.88 bits per heavy atom. The summed E-state index contributed by atoms with van der Waals surface area (Å²) in [7, 11) is 0. The van der Waals surface area contributed by atoms with Gasteiger partial charge in [0, 0.05) is 34.3 Å².